The first-order chi connectivity index (χ1) is 43.4. The van der Waals surface area contributed by atoms with Crippen LogP contribution in [0.15, 0.2) is 237 Å². The van der Waals surface area contributed by atoms with Gasteiger partial charge in [-0.2, -0.15) is 86.0 Å². The summed E-state index contributed by atoms with van der Waals surface area (Å²) in [6.45, 7) is 16.0. The fourth-order valence-corrected chi connectivity index (χ4v) is 16.8. The van der Waals surface area contributed by atoms with Crippen molar-refractivity contribution in [1.82, 2.24) is 37.4 Å². The summed E-state index contributed by atoms with van der Waals surface area (Å²) in [5, 5.41) is 9.51. The van der Waals surface area contributed by atoms with Crippen LogP contribution in [-0.2, 0) is 49.1 Å². The first-order valence-corrected chi connectivity index (χ1v) is 35.9. The maximum atomic E-state index is 8.07. The standard InChI is InChI=1S/C41H35N4Si.C36H33N4Si.2Pt/c1-29(2)30-23-24-42-41(25-30)45-37-18-9-8-17-35(37)36-22-21-34(27-40(36)45)46(3,4)33-16-12-15-32(26-33)44-28-43(31-13-6-5-7-14-31)38-19-10-11-20-39(38)44;1-25(2)26-19-20-37-36(21-26)40-32-14-7-6-13-30(32)31-18-17-29(23-35(31)40)41(4,5)28-12-10-11-27(22-28)39-24-38(3)33-15-8-9-16-34(33)39;;/h5-25,28-29H,1-4H3;6-21,24-25H,1-5H3;;/q2*-1;;/i;3D3;;. The van der Waals surface area contributed by atoms with Crippen LogP contribution >= 0.6 is 0 Å². The summed E-state index contributed by atoms with van der Waals surface area (Å²) in [6, 6.07) is 89.5. The molecule has 0 fully saturated rings. The van der Waals surface area contributed by atoms with E-state index < -0.39 is 23.1 Å². The minimum atomic E-state index is -2.31. The molecule has 89 heavy (non-hydrogen) atoms. The average Bonchev–Trinajstić information content (AvgIpc) is 1.59. The van der Waals surface area contributed by atoms with Crippen LogP contribution < -0.4 is 20.7 Å². The van der Waals surface area contributed by atoms with Crippen LogP contribution in [0.1, 0.15) is 54.8 Å². The number of imidazole rings is 2. The number of pyridine rings is 2. The first kappa shape index (κ1) is 57.1. The molecular formula is C77H68N8Pt2Si2-2. The summed E-state index contributed by atoms with van der Waals surface area (Å²) in [5.41, 5.74) is 13.6. The minimum absolute atomic E-state index is 0. The monoisotopic (exact) mass is 1550 g/mol. The Bertz CT molecular complexity index is 5240. The molecule has 6 aromatic heterocycles. The molecule has 0 spiro atoms. The van der Waals surface area contributed by atoms with Gasteiger partial charge >= 0.3 is 0 Å². The molecule has 0 amide bonds. The predicted molar refractivity (Wildman–Crippen MR) is 368 cm³/mol. The topological polar surface area (TPSA) is 55.4 Å². The number of para-hydroxylation sites is 7. The third-order valence-corrected chi connectivity index (χ3v) is 24.1. The van der Waals surface area contributed by atoms with Crippen molar-refractivity contribution < 1.29 is 46.2 Å². The van der Waals surface area contributed by atoms with E-state index in [0.29, 0.717) is 17.4 Å². The van der Waals surface area contributed by atoms with Crippen LogP contribution in [0.3, 0.4) is 0 Å². The largest absolute Gasteiger partial charge is 0.319 e. The summed E-state index contributed by atoms with van der Waals surface area (Å²) < 4.78 is 36.5. The summed E-state index contributed by atoms with van der Waals surface area (Å²) in [5.74, 6) is 2.64. The molecule has 0 aliphatic heterocycles. The van der Waals surface area contributed by atoms with Crippen molar-refractivity contribution in [3.8, 4) is 28.7 Å². The van der Waals surface area contributed by atoms with Crippen molar-refractivity contribution >= 4 is 103 Å². The van der Waals surface area contributed by atoms with Gasteiger partial charge in [0.15, 0.2) is 34.7 Å². The molecule has 0 radical (unpaired) electrons. The van der Waals surface area contributed by atoms with Gasteiger partial charge in [-0.3, -0.25) is 0 Å². The summed E-state index contributed by atoms with van der Waals surface area (Å²) in [7, 11) is -4.54. The van der Waals surface area contributed by atoms with Crippen molar-refractivity contribution in [3.05, 3.63) is 273 Å². The van der Waals surface area contributed by atoms with Crippen molar-refractivity contribution in [3.63, 3.8) is 0 Å². The molecule has 8 nitrogen and oxygen atoms in total. The second kappa shape index (κ2) is 24.5. The second-order valence-electron chi connectivity index (χ2n) is 24.4. The summed E-state index contributed by atoms with van der Waals surface area (Å²) in [6.07, 6.45) is 7.67. The van der Waals surface area contributed by atoms with Crippen molar-refractivity contribution in [2.24, 2.45) is 6.98 Å². The maximum Gasteiger partial charge on any atom is 0.188 e. The van der Waals surface area contributed by atoms with Gasteiger partial charge in [0.05, 0.1) is 16.1 Å². The Morgan fingerprint density at radius 2 is 0.798 bits per heavy atom. The van der Waals surface area contributed by atoms with Crippen molar-refractivity contribution in [1.29, 1.82) is 0 Å². The fraction of sp³-hybridized carbons (Fsp3) is 0.143. The Hall–Kier alpha value is -8.37. The van der Waals surface area contributed by atoms with Crippen LogP contribution in [0.2, 0.25) is 26.2 Å². The molecule has 0 aliphatic carbocycles. The molecule has 0 bridgehead atoms. The van der Waals surface area contributed by atoms with E-state index in [2.05, 4.69) is 279 Å². The van der Waals surface area contributed by atoms with Gasteiger partial charge < -0.3 is 9.13 Å². The van der Waals surface area contributed by atoms with Gasteiger partial charge in [-0.15, -0.1) is 35.0 Å². The molecule has 6 heterocycles. The predicted octanol–water partition coefficient (Wildman–Crippen LogP) is 16.0. The van der Waals surface area contributed by atoms with Gasteiger partial charge in [0.25, 0.3) is 0 Å². The molecule has 9 aromatic carbocycles. The zero-order chi connectivity index (χ0) is 62.2. The summed E-state index contributed by atoms with van der Waals surface area (Å²) in [4.78, 5) is 9.66. The molecule has 15 aromatic rings. The van der Waals surface area contributed by atoms with Gasteiger partial charge in [-0.05, 0) is 94.4 Å². The smallest absolute Gasteiger partial charge is 0.188 e. The summed E-state index contributed by atoms with van der Waals surface area (Å²) >= 11 is 0. The van der Waals surface area contributed by atoms with Crippen molar-refractivity contribution in [2.45, 2.75) is 65.7 Å². The van der Waals surface area contributed by atoms with Crippen LogP contribution in [0.5, 0.6) is 0 Å². The van der Waals surface area contributed by atoms with Crippen LogP contribution in [0, 0.1) is 24.3 Å². The number of rotatable bonds is 11. The third kappa shape index (κ3) is 10.9. The van der Waals surface area contributed by atoms with E-state index in [1.165, 1.54) is 42.2 Å². The Labute approximate surface area is 556 Å². The SMILES string of the molecule is CC(C)c1ccnc(-n2c3[c-]c([Si](C)(C)c4[c-]c(-n5[cH+]n(-c6ccccc6)c6ccccc65)ccc4)ccc3c3ccccc32)c1.[2H]C([2H])([2H])n1[cH+]n(-c2[c-]c([Si](C)(C)c3[c-]c4c(cc3)c3ccccc3n4-c3cc(C(C)C)ccn3)ccc2)c2ccccc21.[Pt].[Pt]. The van der Waals surface area contributed by atoms with E-state index in [1.54, 1.807) is 6.33 Å². The number of nitrogens with zero attached hydrogens (tertiary/aromatic N) is 8. The Morgan fingerprint density at radius 3 is 1.27 bits per heavy atom. The van der Waals surface area contributed by atoms with Gasteiger partial charge in [0.1, 0.15) is 17.3 Å². The maximum absolute atomic E-state index is 8.07. The number of hydrogen-bond acceptors (Lipinski definition) is 2. The zero-order valence-corrected chi connectivity index (χ0v) is 57.4. The van der Waals surface area contributed by atoms with Crippen molar-refractivity contribution in [2.75, 3.05) is 0 Å². The average molecular weight is 1550 g/mol. The molecular weight excluding hydrogens is 1480 g/mol. The van der Waals surface area contributed by atoms with E-state index in [-0.39, 0.29) is 42.1 Å². The number of aromatic nitrogens is 8. The molecule has 0 aliphatic rings. The number of aryl methyl sites for hydroxylation is 1. The fourth-order valence-electron chi connectivity index (χ4n) is 12.4. The molecule has 446 valence electrons. The van der Waals surface area contributed by atoms with Gasteiger partial charge in [-0.1, -0.05) is 132 Å². The molecule has 0 saturated carbocycles. The Morgan fingerprint density at radius 1 is 0.393 bits per heavy atom. The number of benzene rings is 9. The Balaban J connectivity index is 0.000000174. The van der Waals surface area contributed by atoms with Gasteiger partial charge in [0.2, 0.25) is 0 Å². The first-order valence-electron chi connectivity index (χ1n) is 31.4. The third-order valence-electron chi connectivity index (χ3n) is 17.6. The van der Waals surface area contributed by atoms with Crippen LogP contribution in [0.25, 0.3) is 94.4 Å². The van der Waals surface area contributed by atoms with E-state index in [4.69, 9.17) is 14.1 Å². The van der Waals surface area contributed by atoms with Crippen LogP contribution in [-0.4, -0.2) is 53.5 Å². The van der Waals surface area contributed by atoms with E-state index in [1.807, 2.05) is 53.4 Å². The molecule has 0 N–H and O–H groups in total. The molecule has 15 rings (SSSR count). The van der Waals surface area contributed by atoms with E-state index >= 15 is 0 Å². The van der Waals surface area contributed by atoms with Gasteiger partial charge in [0, 0.05) is 112 Å². The molecule has 12 heteroatoms. The number of fused-ring (bicyclic) bond motifs is 8. The molecule has 0 atom stereocenters. The normalized spacial score (nSPS) is 12.5. The van der Waals surface area contributed by atoms with E-state index in [0.717, 1.165) is 83.1 Å². The van der Waals surface area contributed by atoms with Gasteiger partial charge in [-0.25, -0.2) is 23.7 Å². The van der Waals surface area contributed by atoms with Crippen LogP contribution in [0.4, 0.5) is 0 Å². The molecule has 0 unspecified atom stereocenters. The zero-order valence-electron chi connectivity index (χ0n) is 53.9. The quantitative estimate of drug-likeness (QED) is 0.0957. The number of hydrogen-bond donors (Lipinski definition) is 0. The Kier molecular flexibility index (Phi) is 15.7. The second-order valence-corrected chi connectivity index (χ2v) is 33.0. The minimum Gasteiger partial charge on any atom is -0.319 e. The van der Waals surface area contributed by atoms with E-state index in [9.17, 15) is 0 Å². The molecule has 0 saturated heterocycles.